The van der Waals surface area contributed by atoms with Gasteiger partial charge in [0.05, 0.1) is 18.0 Å². The van der Waals surface area contributed by atoms with E-state index in [1.807, 2.05) is 0 Å². The number of aliphatic hydroxyl groups excluding tert-OH is 1. The molecule has 27 heavy (non-hydrogen) atoms. The lowest BCUT2D eigenvalue weighted by molar-refractivity contribution is 0.146. The minimum Gasteiger partial charge on any atom is -0.491 e. The van der Waals surface area contributed by atoms with E-state index in [4.69, 9.17) is 20.6 Å². The predicted molar refractivity (Wildman–Crippen MR) is 104 cm³/mol. The number of aliphatic hydroxyl groups is 1. The number of anilines is 2. The predicted octanol–water partition coefficient (Wildman–Crippen LogP) is 1.32. The highest BCUT2D eigenvalue weighted by molar-refractivity contribution is 6.13. The summed E-state index contributed by atoms with van der Waals surface area (Å²) in [5, 5.41) is 17.9. The van der Waals surface area contributed by atoms with Gasteiger partial charge < -0.3 is 25.2 Å². The summed E-state index contributed by atoms with van der Waals surface area (Å²) in [7, 11) is 1.61. The molecule has 4 N–H and O–H groups in total. The SMILES string of the molecule is COCCOc1ccc(N)c(C(=N)c2cc(N3CC[C@@H](CO)C3)ncn2)c1. The van der Waals surface area contributed by atoms with Crippen LogP contribution < -0.4 is 15.4 Å². The molecule has 2 aromatic rings. The molecule has 0 spiro atoms. The van der Waals surface area contributed by atoms with E-state index >= 15 is 0 Å². The van der Waals surface area contributed by atoms with Crippen LogP contribution in [0.1, 0.15) is 17.7 Å². The fourth-order valence-electron chi connectivity index (χ4n) is 3.07. The zero-order chi connectivity index (χ0) is 19.2. The highest BCUT2D eigenvalue weighted by Gasteiger charge is 2.23. The van der Waals surface area contributed by atoms with Gasteiger partial charge in [0.25, 0.3) is 0 Å². The first-order valence-electron chi connectivity index (χ1n) is 8.90. The topological polar surface area (TPSA) is 118 Å². The van der Waals surface area contributed by atoms with Crippen molar-refractivity contribution in [1.82, 2.24) is 9.97 Å². The van der Waals surface area contributed by atoms with Gasteiger partial charge in [-0.05, 0) is 24.6 Å². The molecular formula is C19H25N5O3. The van der Waals surface area contributed by atoms with Gasteiger partial charge in [0.2, 0.25) is 0 Å². The van der Waals surface area contributed by atoms with E-state index in [9.17, 15) is 5.11 Å². The molecule has 1 aliphatic rings. The summed E-state index contributed by atoms with van der Waals surface area (Å²) >= 11 is 0. The number of methoxy groups -OCH3 is 1. The van der Waals surface area contributed by atoms with Crippen LogP contribution in [0.5, 0.6) is 5.75 Å². The largest absolute Gasteiger partial charge is 0.491 e. The van der Waals surface area contributed by atoms with E-state index in [2.05, 4.69) is 14.9 Å². The van der Waals surface area contributed by atoms with Crippen molar-refractivity contribution < 1.29 is 14.6 Å². The van der Waals surface area contributed by atoms with Gasteiger partial charge in [-0.3, -0.25) is 5.41 Å². The molecule has 2 heterocycles. The maximum Gasteiger partial charge on any atom is 0.132 e. The summed E-state index contributed by atoms with van der Waals surface area (Å²) in [5.41, 5.74) is 7.83. The molecule has 0 bridgehead atoms. The van der Waals surface area contributed by atoms with Crippen LogP contribution in [0, 0.1) is 11.3 Å². The van der Waals surface area contributed by atoms with Crippen molar-refractivity contribution in [2.45, 2.75) is 6.42 Å². The molecular weight excluding hydrogens is 346 g/mol. The smallest absolute Gasteiger partial charge is 0.132 e. The van der Waals surface area contributed by atoms with Gasteiger partial charge in [0, 0.05) is 50.0 Å². The first-order valence-corrected chi connectivity index (χ1v) is 8.90. The van der Waals surface area contributed by atoms with E-state index in [-0.39, 0.29) is 18.2 Å². The van der Waals surface area contributed by atoms with Crippen LogP contribution >= 0.6 is 0 Å². The molecule has 1 atom stereocenters. The van der Waals surface area contributed by atoms with Crippen molar-refractivity contribution in [2.75, 3.05) is 50.7 Å². The van der Waals surface area contributed by atoms with Gasteiger partial charge in [0.1, 0.15) is 24.5 Å². The fourth-order valence-corrected chi connectivity index (χ4v) is 3.07. The Labute approximate surface area is 158 Å². The molecule has 1 saturated heterocycles. The van der Waals surface area contributed by atoms with Gasteiger partial charge in [-0.2, -0.15) is 0 Å². The van der Waals surface area contributed by atoms with Gasteiger partial charge in [-0.25, -0.2) is 9.97 Å². The highest BCUT2D eigenvalue weighted by atomic mass is 16.5. The van der Waals surface area contributed by atoms with E-state index in [0.717, 1.165) is 25.3 Å². The van der Waals surface area contributed by atoms with Crippen molar-refractivity contribution >= 4 is 17.2 Å². The van der Waals surface area contributed by atoms with Crippen LogP contribution in [-0.2, 0) is 4.74 Å². The molecule has 0 aliphatic carbocycles. The number of hydrogen-bond donors (Lipinski definition) is 3. The average Bonchev–Trinajstić information content (AvgIpc) is 3.18. The molecule has 1 aliphatic heterocycles. The lowest BCUT2D eigenvalue weighted by atomic mass is 10.0. The third kappa shape index (κ3) is 4.53. The Morgan fingerprint density at radius 1 is 1.33 bits per heavy atom. The van der Waals surface area contributed by atoms with E-state index < -0.39 is 0 Å². The van der Waals surface area contributed by atoms with Crippen LogP contribution in [0.3, 0.4) is 0 Å². The molecule has 0 unspecified atom stereocenters. The van der Waals surface area contributed by atoms with Crippen molar-refractivity contribution in [3.63, 3.8) is 0 Å². The summed E-state index contributed by atoms with van der Waals surface area (Å²) < 4.78 is 10.6. The summed E-state index contributed by atoms with van der Waals surface area (Å²) in [5.74, 6) is 1.65. The Balaban J connectivity index is 1.79. The highest BCUT2D eigenvalue weighted by Crippen LogP contribution is 2.25. The van der Waals surface area contributed by atoms with Gasteiger partial charge in [0.15, 0.2) is 0 Å². The zero-order valence-corrected chi connectivity index (χ0v) is 15.4. The molecule has 8 heteroatoms. The second-order valence-electron chi connectivity index (χ2n) is 6.51. The lowest BCUT2D eigenvalue weighted by Gasteiger charge is -2.18. The molecule has 144 valence electrons. The third-order valence-corrected chi connectivity index (χ3v) is 4.63. The van der Waals surface area contributed by atoms with Gasteiger partial charge in [-0.15, -0.1) is 0 Å². The second-order valence-corrected chi connectivity index (χ2v) is 6.51. The van der Waals surface area contributed by atoms with Crippen LogP contribution in [0.25, 0.3) is 0 Å². The number of nitrogens with zero attached hydrogens (tertiary/aromatic N) is 3. The number of benzene rings is 1. The number of rotatable bonds is 8. The van der Waals surface area contributed by atoms with Crippen molar-refractivity contribution in [3.8, 4) is 5.75 Å². The summed E-state index contributed by atoms with van der Waals surface area (Å²) in [6.45, 7) is 2.67. The van der Waals surface area contributed by atoms with Gasteiger partial charge >= 0.3 is 0 Å². The number of hydrogen-bond acceptors (Lipinski definition) is 8. The Morgan fingerprint density at radius 3 is 2.93 bits per heavy atom. The minimum atomic E-state index is 0.177. The lowest BCUT2D eigenvalue weighted by Crippen LogP contribution is -2.22. The standard InChI is InChI=1S/C19H25N5O3/c1-26-6-7-27-14-2-3-16(20)15(8-14)19(21)17-9-18(23-12-22-17)24-5-4-13(10-24)11-25/h2-3,8-9,12-13,21,25H,4-7,10-11,20H2,1H3/t13-/m1/s1. The summed E-state index contributed by atoms with van der Waals surface area (Å²) in [6.07, 6.45) is 2.39. The molecule has 0 radical (unpaired) electrons. The molecule has 1 aromatic heterocycles. The number of ether oxygens (including phenoxy) is 2. The quantitative estimate of drug-likeness (QED) is 0.364. The molecule has 1 aromatic carbocycles. The zero-order valence-electron chi connectivity index (χ0n) is 15.4. The van der Waals surface area contributed by atoms with Gasteiger partial charge in [-0.1, -0.05) is 0 Å². The van der Waals surface area contributed by atoms with E-state index in [0.29, 0.717) is 35.9 Å². The fraction of sp³-hybridized carbons (Fsp3) is 0.421. The summed E-state index contributed by atoms with van der Waals surface area (Å²) in [4.78, 5) is 10.7. The number of nitrogens with one attached hydrogen (secondary N) is 1. The maximum atomic E-state index is 9.33. The van der Waals surface area contributed by atoms with Crippen molar-refractivity contribution in [3.05, 3.63) is 41.9 Å². The Kier molecular flexibility index (Phi) is 6.20. The first kappa shape index (κ1) is 19.1. The maximum absolute atomic E-state index is 9.33. The average molecular weight is 371 g/mol. The minimum absolute atomic E-state index is 0.177. The van der Waals surface area contributed by atoms with Crippen LogP contribution in [-0.4, -0.2) is 60.8 Å². The van der Waals surface area contributed by atoms with Crippen LogP contribution in [0.2, 0.25) is 0 Å². The number of nitrogens with two attached hydrogens (primary N) is 1. The Bertz CT molecular complexity index is 799. The van der Waals surface area contributed by atoms with Crippen LogP contribution in [0.15, 0.2) is 30.6 Å². The second kappa shape index (κ2) is 8.79. The van der Waals surface area contributed by atoms with E-state index in [1.54, 1.807) is 31.4 Å². The molecule has 0 amide bonds. The first-order chi connectivity index (χ1) is 13.1. The molecule has 3 rings (SSSR count). The Hall–Kier alpha value is -2.71. The molecule has 0 saturated carbocycles. The van der Waals surface area contributed by atoms with Crippen molar-refractivity contribution in [2.24, 2.45) is 5.92 Å². The summed E-state index contributed by atoms with van der Waals surface area (Å²) in [6, 6.07) is 7.03. The number of aromatic nitrogens is 2. The number of nitrogen functional groups attached to an aromatic ring is 1. The normalized spacial score (nSPS) is 16.5. The van der Waals surface area contributed by atoms with Crippen molar-refractivity contribution in [1.29, 1.82) is 5.41 Å². The Morgan fingerprint density at radius 2 is 2.19 bits per heavy atom. The molecule has 8 nitrogen and oxygen atoms in total. The third-order valence-electron chi connectivity index (χ3n) is 4.63. The monoisotopic (exact) mass is 371 g/mol. The molecule has 1 fully saturated rings. The van der Waals surface area contributed by atoms with E-state index in [1.165, 1.54) is 6.33 Å². The van der Waals surface area contributed by atoms with Crippen LogP contribution in [0.4, 0.5) is 11.5 Å².